The highest BCUT2D eigenvalue weighted by molar-refractivity contribution is 5.81. The SMILES string of the molecule is CC(=O)C1CC1CCc1ccc(-c2cccc(-n3cccn3)c2)cc1. The van der Waals surface area contributed by atoms with Crippen molar-refractivity contribution in [1.29, 1.82) is 0 Å². The van der Waals surface area contributed by atoms with Gasteiger partial charge in [-0.2, -0.15) is 5.10 Å². The Balaban J connectivity index is 1.44. The van der Waals surface area contributed by atoms with Gasteiger partial charge in [-0.05, 0) is 67.0 Å². The average Bonchev–Trinajstić information content (AvgIpc) is 3.22. The van der Waals surface area contributed by atoms with Crippen LogP contribution in [0.5, 0.6) is 0 Å². The minimum atomic E-state index is 0.337. The third-order valence-corrected chi connectivity index (χ3v) is 5.15. The largest absolute Gasteiger partial charge is 0.300 e. The second-order valence-corrected chi connectivity index (χ2v) is 6.95. The van der Waals surface area contributed by atoms with Gasteiger partial charge in [-0.25, -0.2) is 4.68 Å². The first-order chi connectivity index (χ1) is 12.2. The first-order valence-corrected chi connectivity index (χ1v) is 8.90. The minimum Gasteiger partial charge on any atom is -0.300 e. The number of carbonyl (C=O) groups excluding carboxylic acids is 1. The van der Waals surface area contributed by atoms with Crippen molar-refractivity contribution in [1.82, 2.24) is 9.78 Å². The van der Waals surface area contributed by atoms with Gasteiger partial charge in [0.1, 0.15) is 5.78 Å². The Kier molecular flexibility index (Phi) is 4.22. The number of hydrogen-bond acceptors (Lipinski definition) is 2. The lowest BCUT2D eigenvalue weighted by Crippen LogP contribution is -1.96. The van der Waals surface area contributed by atoms with Crippen molar-refractivity contribution in [3.8, 4) is 16.8 Å². The van der Waals surface area contributed by atoms with E-state index in [1.54, 1.807) is 13.1 Å². The Hall–Kier alpha value is -2.68. The predicted octanol–water partition coefficient (Wildman–Crippen LogP) is 4.70. The van der Waals surface area contributed by atoms with Gasteiger partial charge < -0.3 is 0 Å². The normalized spacial score (nSPS) is 18.9. The van der Waals surface area contributed by atoms with E-state index < -0.39 is 0 Å². The molecule has 0 bridgehead atoms. The first kappa shape index (κ1) is 15.8. The van der Waals surface area contributed by atoms with Crippen molar-refractivity contribution < 1.29 is 4.79 Å². The minimum absolute atomic E-state index is 0.337. The van der Waals surface area contributed by atoms with Gasteiger partial charge in [0.2, 0.25) is 0 Å². The number of Topliss-reactive ketones (excluding diaryl/α,β-unsaturated/α-hetero) is 1. The van der Waals surface area contributed by atoms with Crippen LogP contribution in [0.25, 0.3) is 16.8 Å². The zero-order chi connectivity index (χ0) is 17.2. The van der Waals surface area contributed by atoms with Crippen LogP contribution in [0, 0.1) is 11.8 Å². The molecule has 2 unspecified atom stereocenters. The van der Waals surface area contributed by atoms with E-state index in [-0.39, 0.29) is 0 Å². The van der Waals surface area contributed by atoms with E-state index in [1.165, 1.54) is 16.7 Å². The molecular formula is C22H22N2O. The second-order valence-electron chi connectivity index (χ2n) is 6.95. The molecule has 0 amide bonds. The van der Waals surface area contributed by atoms with Crippen LogP contribution in [0.3, 0.4) is 0 Å². The molecule has 2 aromatic carbocycles. The van der Waals surface area contributed by atoms with E-state index >= 15 is 0 Å². The van der Waals surface area contributed by atoms with E-state index in [4.69, 9.17) is 0 Å². The van der Waals surface area contributed by atoms with Crippen LogP contribution in [-0.4, -0.2) is 15.6 Å². The predicted molar refractivity (Wildman–Crippen MR) is 99.6 cm³/mol. The maximum Gasteiger partial charge on any atom is 0.133 e. The Morgan fingerprint density at radius 1 is 1.12 bits per heavy atom. The van der Waals surface area contributed by atoms with Crippen LogP contribution in [0.15, 0.2) is 67.0 Å². The number of hydrogen-bond donors (Lipinski definition) is 0. The summed E-state index contributed by atoms with van der Waals surface area (Å²) < 4.78 is 1.87. The lowest BCUT2D eigenvalue weighted by atomic mass is 10.0. The molecule has 1 fully saturated rings. The fourth-order valence-corrected chi connectivity index (χ4v) is 3.53. The van der Waals surface area contributed by atoms with Gasteiger partial charge in [0.15, 0.2) is 0 Å². The molecule has 1 saturated carbocycles. The number of aryl methyl sites for hydroxylation is 1. The zero-order valence-electron chi connectivity index (χ0n) is 14.4. The molecule has 3 nitrogen and oxygen atoms in total. The van der Waals surface area contributed by atoms with Crippen molar-refractivity contribution in [3.05, 3.63) is 72.6 Å². The van der Waals surface area contributed by atoms with Crippen molar-refractivity contribution in [2.24, 2.45) is 11.8 Å². The maximum atomic E-state index is 11.3. The van der Waals surface area contributed by atoms with Gasteiger partial charge in [-0.1, -0.05) is 36.4 Å². The number of benzene rings is 2. The molecule has 0 spiro atoms. The molecule has 0 aliphatic heterocycles. The molecule has 126 valence electrons. The molecule has 1 aliphatic carbocycles. The molecule has 2 atom stereocenters. The van der Waals surface area contributed by atoms with Crippen LogP contribution >= 0.6 is 0 Å². The summed E-state index contributed by atoms with van der Waals surface area (Å²) in [6.45, 7) is 1.72. The average molecular weight is 330 g/mol. The molecule has 3 heteroatoms. The van der Waals surface area contributed by atoms with Gasteiger partial charge in [-0.15, -0.1) is 0 Å². The number of carbonyl (C=O) groups is 1. The lowest BCUT2D eigenvalue weighted by molar-refractivity contribution is -0.118. The maximum absolute atomic E-state index is 11.3. The number of rotatable bonds is 6. The molecule has 25 heavy (non-hydrogen) atoms. The summed E-state index contributed by atoms with van der Waals surface area (Å²) in [4.78, 5) is 11.3. The summed E-state index contributed by atoms with van der Waals surface area (Å²) in [5.74, 6) is 1.31. The van der Waals surface area contributed by atoms with Gasteiger partial charge >= 0.3 is 0 Å². The summed E-state index contributed by atoms with van der Waals surface area (Å²) >= 11 is 0. The topological polar surface area (TPSA) is 34.9 Å². The lowest BCUT2D eigenvalue weighted by Gasteiger charge is -2.07. The van der Waals surface area contributed by atoms with Gasteiger partial charge in [-0.3, -0.25) is 4.79 Å². The highest BCUT2D eigenvalue weighted by Gasteiger charge is 2.39. The quantitative estimate of drug-likeness (QED) is 0.657. The van der Waals surface area contributed by atoms with Crippen LogP contribution in [0.1, 0.15) is 25.3 Å². The van der Waals surface area contributed by atoms with Gasteiger partial charge in [0.05, 0.1) is 5.69 Å². The van der Waals surface area contributed by atoms with Gasteiger partial charge in [0.25, 0.3) is 0 Å². The van der Waals surface area contributed by atoms with Crippen LogP contribution in [-0.2, 0) is 11.2 Å². The fraction of sp³-hybridized carbons (Fsp3) is 0.273. The Bertz CT molecular complexity index is 865. The van der Waals surface area contributed by atoms with Crippen molar-refractivity contribution in [2.45, 2.75) is 26.2 Å². The van der Waals surface area contributed by atoms with Crippen molar-refractivity contribution in [2.75, 3.05) is 0 Å². The fourth-order valence-electron chi connectivity index (χ4n) is 3.53. The highest BCUT2D eigenvalue weighted by atomic mass is 16.1. The third-order valence-electron chi connectivity index (χ3n) is 5.15. The van der Waals surface area contributed by atoms with Crippen molar-refractivity contribution in [3.63, 3.8) is 0 Å². The van der Waals surface area contributed by atoms with Crippen LogP contribution < -0.4 is 0 Å². The summed E-state index contributed by atoms with van der Waals surface area (Å²) in [5.41, 5.74) is 4.82. The smallest absolute Gasteiger partial charge is 0.133 e. The zero-order valence-corrected chi connectivity index (χ0v) is 14.4. The summed E-state index contributed by atoms with van der Waals surface area (Å²) in [7, 11) is 0. The van der Waals surface area contributed by atoms with Crippen LogP contribution in [0.2, 0.25) is 0 Å². The van der Waals surface area contributed by atoms with Crippen LogP contribution in [0.4, 0.5) is 0 Å². The van der Waals surface area contributed by atoms with Gasteiger partial charge in [0, 0.05) is 18.3 Å². The molecule has 3 aromatic rings. The van der Waals surface area contributed by atoms with Crippen molar-refractivity contribution >= 4 is 5.78 Å². The van der Waals surface area contributed by atoms with E-state index in [2.05, 4.69) is 53.6 Å². The molecular weight excluding hydrogens is 308 g/mol. The van der Waals surface area contributed by atoms with E-state index in [0.717, 1.165) is 24.9 Å². The Morgan fingerprint density at radius 2 is 1.96 bits per heavy atom. The molecule has 0 saturated heterocycles. The second kappa shape index (κ2) is 6.67. The molecule has 1 aromatic heterocycles. The molecule has 0 N–H and O–H groups in total. The monoisotopic (exact) mass is 330 g/mol. The number of aromatic nitrogens is 2. The molecule has 0 radical (unpaired) electrons. The van der Waals surface area contributed by atoms with E-state index in [9.17, 15) is 4.79 Å². The number of nitrogens with zero attached hydrogens (tertiary/aromatic N) is 2. The molecule has 1 aliphatic rings. The first-order valence-electron chi connectivity index (χ1n) is 8.90. The summed E-state index contributed by atoms with van der Waals surface area (Å²) in [6.07, 6.45) is 7.01. The summed E-state index contributed by atoms with van der Waals surface area (Å²) in [5, 5.41) is 4.29. The third kappa shape index (κ3) is 3.55. The Labute approximate surface area is 148 Å². The van der Waals surface area contributed by atoms with E-state index in [1.807, 2.05) is 16.9 Å². The highest BCUT2D eigenvalue weighted by Crippen LogP contribution is 2.42. The standard InChI is InChI=1S/C22H22N2O/c1-16(25)22-15-20(22)11-8-17-6-9-18(10-7-17)19-4-2-5-21(14-19)24-13-3-12-23-24/h2-7,9-10,12-14,20,22H,8,11,15H2,1H3. The van der Waals surface area contributed by atoms with E-state index in [0.29, 0.717) is 17.6 Å². The number of ketones is 1. The Morgan fingerprint density at radius 3 is 2.64 bits per heavy atom. The molecule has 4 rings (SSSR count). The molecule has 1 heterocycles. The summed E-state index contributed by atoms with van der Waals surface area (Å²) in [6, 6.07) is 19.1.